The van der Waals surface area contributed by atoms with E-state index in [1.807, 2.05) is 0 Å². The van der Waals surface area contributed by atoms with Crippen LogP contribution < -0.4 is 5.32 Å². The molecule has 3 nitrogen and oxygen atoms in total. The number of benzene rings is 1. The van der Waals surface area contributed by atoms with E-state index in [0.717, 1.165) is 19.3 Å². The molecule has 1 aliphatic carbocycles. The van der Waals surface area contributed by atoms with Crippen LogP contribution in [-0.2, 0) is 0 Å². The van der Waals surface area contributed by atoms with Gasteiger partial charge in [0.05, 0.1) is 22.7 Å². The monoisotopic (exact) mass is 239 g/mol. The minimum absolute atomic E-state index is 0.0107. The summed E-state index contributed by atoms with van der Waals surface area (Å²) in [5, 5.41) is 12.6. The number of carbonyl (C=O) groups excluding carboxylic acids is 1. The SMILES string of the molecule is O=C(NC1(CO)CCC1)c1ccccc1Cl. The van der Waals surface area contributed by atoms with Crippen molar-refractivity contribution >= 4 is 17.5 Å². The smallest absolute Gasteiger partial charge is 0.253 e. The van der Waals surface area contributed by atoms with E-state index in [0.29, 0.717) is 10.6 Å². The molecule has 0 aromatic heterocycles. The summed E-state index contributed by atoms with van der Waals surface area (Å²) in [6, 6.07) is 6.92. The lowest BCUT2D eigenvalue weighted by Crippen LogP contribution is -2.56. The zero-order valence-electron chi connectivity index (χ0n) is 8.87. The molecule has 16 heavy (non-hydrogen) atoms. The first-order valence-electron chi connectivity index (χ1n) is 5.35. The largest absolute Gasteiger partial charge is 0.394 e. The highest BCUT2D eigenvalue weighted by molar-refractivity contribution is 6.33. The van der Waals surface area contributed by atoms with E-state index < -0.39 is 5.54 Å². The average molecular weight is 240 g/mol. The number of carbonyl (C=O) groups is 1. The first-order chi connectivity index (χ1) is 7.67. The van der Waals surface area contributed by atoms with Gasteiger partial charge in [-0.2, -0.15) is 0 Å². The molecule has 1 saturated carbocycles. The van der Waals surface area contributed by atoms with Crippen LogP contribution in [0.25, 0.3) is 0 Å². The molecule has 0 spiro atoms. The summed E-state index contributed by atoms with van der Waals surface area (Å²) in [5.41, 5.74) is 0.0416. The second kappa shape index (κ2) is 4.44. The number of aliphatic hydroxyl groups is 1. The second-order valence-corrected chi connectivity index (χ2v) is 4.63. The molecule has 0 aliphatic heterocycles. The molecule has 0 saturated heterocycles. The van der Waals surface area contributed by atoms with Gasteiger partial charge in [0, 0.05) is 0 Å². The molecule has 0 heterocycles. The van der Waals surface area contributed by atoms with E-state index in [1.54, 1.807) is 24.3 Å². The summed E-state index contributed by atoms with van der Waals surface area (Å²) < 4.78 is 0. The molecule has 0 atom stereocenters. The number of rotatable bonds is 3. The van der Waals surface area contributed by atoms with Crippen LogP contribution in [0.5, 0.6) is 0 Å². The lowest BCUT2D eigenvalue weighted by molar-refractivity contribution is 0.0642. The van der Waals surface area contributed by atoms with Crippen LogP contribution in [0, 0.1) is 0 Å². The van der Waals surface area contributed by atoms with Gasteiger partial charge >= 0.3 is 0 Å². The van der Waals surface area contributed by atoms with Gasteiger partial charge in [0.25, 0.3) is 5.91 Å². The first-order valence-corrected chi connectivity index (χ1v) is 5.73. The minimum atomic E-state index is -0.420. The molecule has 2 rings (SSSR count). The molecular formula is C12H14ClNO2. The standard InChI is InChI=1S/C12H14ClNO2/c13-10-5-2-1-4-9(10)11(16)14-12(8-15)6-3-7-12/h1-2,4-5,15H,3,6-8H2,(H,14,16). The Morgan fingerprint density at radius 1 is 1.44 bits per heavy atom. The Hall–Kier alpha value is -1.06. The van der Waals surface area contributed by atoms with Crippen molar-refractivity contribution in [2.24, 2.45) is 0 Å². The van der Waals surface area contributed by atoms with E-state index in [2.05, 4.69) is 5.32 Å². The molecule has 1 fully saturated rings. The summed E-state index contributed by atoms with van der Waals surface area (Å²) in [4.78, 5) is 11.9. The number of amides is 1. The maximum absolute atomic E-state index is 11.9. The van der Waals surface area contributed by atoms with Gasteiger partial charge < -0.3 is 10.4 Å². The van der Waals surface area contributed by atoms with Crippen molar-refractivity contribution in [3.8, 4) is 0 Å². The lowest BCUT2D eigenvalue weighted by Gasteiger charge is -2.41. The fourth-order valence-corrected chi connectivity index (χ4v) is 2.10. The fourth-order valence-electron chi connectivity index (χ4n) is 1.88. The van der Waals surface area contributed by atoms with Crippen LogP contribution >= 0.6 is 11.6 Å². The van der Waals surface area contributed by atoms with Crippen molar-refractivity contribution < 1.29 is 9.90 Å². The van der Waals surface area contributed by atoms with Crippen LogP contribution in [0.2, 0.25) is 5.02 Å². The Morgan fingerprint density at radius 2 is 2.12 bits per heavy atom. The summed E-state index contributed by atoms with van der Waals surface area (Å²) in [6.07, 6.45) is 2.71. The summed E-state index contributed by atoms with van der Waals surface area (Å²) in [7, 11) is 0. The highest BCUT2D eigenvalue weighted by Crippen LogP contribution is 2.31. The van der Waals surface area contributed by atoms with Gasteiger partial charge in [-0.15, -0.1) is 0 Å². The molecule has 1 aliphatic rings. The van der Waals surface area contributed by atoms with Gasteiger partial charge in [-0.1, -0.05) is 23.7 Å². The third-order valence-corrected chi connectivity index (χ3v) is 3.44. The van der Waals surface area contributed by atoms with Crippen LogP contribution in [-0.4, -0.2) is 23.2 Å². The van der Waals surface area contributed by atoms with Gasteiger partial charge in [-0.05, 0) is 31.4 Å². The Morgan fingerprint density at radius 3 is 2.62 bits per heavy atom. The Kier molecular flexibility index (Phi) is 3.17. The Bertz CT molecular complexity index is 396. The first kappa shape index (κ1) is 11.4. The number of aliphatic hydroxyl groups excluding tert-OH is 1. The van der Waals surface area contributed by atoms with Gasteiger partial charge in [-0.3, -0.25) is 4.79 Å². The molecule has 0 radical (unpaired) electrons. The zero-order chi connectivity index (χ0) is 11.6. The molecule has 0 unspecified atom stereocenters. The van der Waals surface area contributed by atoms with Crippen molar-refractivity contribution in [3.05, 3.63) is 34.9 Å². The number of hydrogen-bond acceptors (Lipinski definition) is 2. The molecule has 1 aromatic rings. The van der Waals surface area contributed by atoms with Crippen molar-refractivity contribution in [3.63, 3.8) is 0 Å². The van der Waals surface area contributed by atoms with Gasteiger partial charge in [0.15, 0.2) is 0 Å². The quantitative estimate of drug-likeness (QED) is 0.848. The van der Waals surface area contributed by atoms with Crippen LogP contribution in [0.1, 0.15) is 29.6 Å². The van der Waals surface area contributed by atoms with Crippen molar-refractivity contribution in [1.29, 1.82) is 0 Å². The van der Waals surface area contributed by atoms with Crippen LogP contribution in [0.15, 0.2) is 24.3 Å². The zero-order valence-corrected chi connectivity index (χ0v) is 9.63. The van der Waals surface area contributed by atoms with Crippen LogP contribution in [0.4, 0.5) is 0 Å². The molecule has 2 N–H and O–H groups in total. The Balaban J connectivity index is 2.11. The lowest BCUT2D eigenvalue weighted by atomic mass is 9.77. The molecule has 1 amide bonds. The third kappa shape index (κ3) is 2.06. The van der Waals surface area contributed by atoms with E-state index in [9.17, 15) is 9.90 Å². The molecule has 86 valence electrons. The normalized spacial score (nSPS) is 17.6. The van der Waals surface area contributed by atoms with Crippen molar-refractivity contribution in [2.75, 3.05) is 6.61 Å². The summed E-state index contributed by atoms with van der Waals surface area (Å²) >= 11 is 5.93. The van der Waals surface area contributed by atoms with Gasteiger partial charge in [-0.25, -0.2) is 0 Å². The van der Waals surface area contributed by atoms with E-state index in [-0.39, 0.29) is 12.5 Å². The second-order valence-electron chi connectivity index (χ2n) is 4.23. The number of nitrogens with one attached hydrogen (secondary N) is 1. The summed E-state index contributed by atoms with van der Waals surface area (Å²) in [6.45, 7) is -0.0107. The number of hydrogen-bond donors (Lipinski definition) is 2. The highest BCUT2D eigenvalue weighted by atomic mass is 35.5. The molecule has 1 aromatic carbocycles. The maximum atomic E-state index is 11.9. The highest BCUT2D eigenvalue weighted by Gasteiger charge is 2.38. The third-order valence-electron chi connectivity index (χ3n) is 3.11. The topological polar surface area (TPSA) is 49.3 Å². The fraction of sp³-hybridized carbons (Fsp3) is 0.417. The van der Waals surface area contributed by atoms with Crippen molar-refractivity contribution in [2.45, 2.75) is 24.8 Å². The molecular weight excluding hydrogens is 226 g/mol. The maximum Gasteiger partial charge on any atom is 0.253 e. The predicted molar refractivity (Wildman–Crippen MR) is 62.6 cm³/mol. The minimum Gasteiger partial charge on any atom is -0.394 e. The van der Waals surface area contributed by atoms with Gasteiger partial charge in [0.2, 0.25) is 0 Å². The van der Waals surface area contributed by atoms with Crippen molar-refractivity contribution in [1.82, 2.24) is 5.32 Å². The van der Waals surface area contributed by atoms with E-state index in [4.69, 9.17) is 11.6 Å². The van der Waals surface area contributed by atoms with E-state index >= 15 is 0 Å². The average Bonchev–Trinajstić information content (AvgIpc) is 2.24. The van der Waals surface area contributed by atoms with Gasteiger partial charge in [0.1, 0.15) is 0 Å². The summed E-state index contributed by atoms with van der Waals surface area (Å²) in [5.74, 6) is -0.209. The number of halogens is 1. The predicted octanol–water partition coefficient (Wildman–Crippen LogP) is 1.98. The Labute approximate surface area is 99.4 Å². The van der Waals surface area contributed by atoms with Crippen LogP contribution in [0.3, 0.4) is 0 Å². The molecule has 0 bridgehead atoms. The molecule has 4 heteroatoms. The van der Waals surface area contributed by atoms with E-state index in [1.165, 1.54) is 0 Å².